The Morgan fingerprint density at radius 2 is 1.76 bits per heavy atom. The van der Waals surface area contributed by atoms with Gasteiger partial charge in [0.15, 0.2) is 0 Å². The first-order valence-electron chi connectivity index (χ1n) is 11.5. The highest BCUT2D eigenvalue weighted by Gasteiger charge is 2.45. The Morgan fingerprint density at radius 3 is 2.39 bits per heavy atom. The average molecular weight is 452 g/mol. The van der Waals surface area contributed by atoms with Gasteiger partial charge in [-0.15, -0.1) is 0 Å². The molecule has 1 amide bonds. The van der Waals surface area contributed by atoms with Crippen LogP contribution in [-0.4, -0.2) is 48.6 Å². The van der Waals surface area contributed by atoms with Gasteiger partial charge in [-0.25, -0.2) is 0 Å². The monoisotopic (exact) mass is 451 g/mol. The summed E-state index contributed by atoms with van der Waals surface area (Å²) in [7, 11) is 1.60. The third-order valence-corrected chi connectivity index (χ3v) is 5.88. The summed E-state index contributed by atoms with van der Waals surface area (Å²) in [4.78, 5) is 27.5. The number of aliphatic hydroxyl groups excluding tert-OH is 1. The largest absolute Gasteiger partial charge is 0.507 e. The van der Waals surface area contributed by atoms with E-state index in [2.05, 4.69) is 6.92 Å². The zero-order valence-corrected chi connectivity index (χ0v) is 19.9. The number of rotatable bonds is 10. The van der Waals surface area contributed by atoms with Crippen LogP contribution in [0.15, 0.2) is 48.0 Å². The lowest BCUT2D eigenvalue weighted by Gasteiger charge is -2.25. The van der Waals surface area contributed by atoms with E-state index in [9.17, 15) is 14.7 Å². The summed E-state index contributed by atoms with van der Waals surface area (Å²) in [6.45, 7) is 7.44. The maximum atomic E-state index is 13.1. The predicted octanol–water partition coefficient (Wildman–Crippen LogP) is 4.94. The van der Waals surface area contributed by atoms with Gasteiger partial charge in [0, 0.05) is 25.8 Å². The lowest BCUT2D eigenvalue weighted by atomic mass is 9.94. The molecule has 1 aliphatic heterocycles. The molecule has 0 saturated carbocycles. The standard InChI is InChI=1S/C27H33NO5/c1-5-6-16-33-22-13-12-21(17-19(22)3)25(29)23-24(20-10-8-18(2)9-11-20)28(14-7-15-32-4)27(31)26(23)30/h8-13,17,24,29H,5-7,14-16H2,1-4H3/t24-/m0/s1. The first kappa shape index (κ1) is 24.5. The summed E-state index contributed by atoms with van der Waals surface area (Å²) in [5, 5.41) is 11.2. The molecule has 0 bridgehead atoms. The topological polar surface area (TPSA) is 76.1 Å². The van der Waals surface area contributed by atoms with Crippen LogP contribution in [-0.2, 0) is 14.3 Å². The number of hydrogen-bond acceptors (Lipinski definition) is 5. The number of carbonyl (C=O) groups is 2. The number of amides is 1. The highest BCUT2D eigenvalue weighted by molar-refractivity contribution is 6.46. The van der Waals surface area contributed by atoms with E-state index >= 15 is 0 Å². The molecule has 6 nitrogen and oxygen atoms in total. The van der Waals surface area contributed by atoms with Gasteiger partial charge in [-0.2, -0.15) is 0 Å². The molecule has 1 saturated heterocycles. The second-order valence-electron chi connectivity index (χ2n) is 8.43. The van der Waals surface area contributed by atoms with E-state index < -0.39 is 17.7 Å². The summed E-state index contributed by atoms with van der Waals surface area (Å²) in [6.07, 6.45) is 2.60. The van der Waals surface area contributed by atoms with E-state index in [1.807, 2.05) is 38.1 Å². The number of aryl methyl sites for hydroxylation is 2. The fourth-order valence-corrected chi connectivity index (χ4v) is 4.03. The van der Waals surface area contributed by atoms with Gasteiger partial charge in [0.05, 0.1) is 18.2 Å². The highest BCUT2D eigenvalue weighted by Crippen LogP contribution is 2.40. The number of likely N-dealkylation sites (tertiary alicyclic amines) is 1. The molecule has 0 spiro atoms. The Labute approximate surface area is 195 Å². The Bertz CT molecular complexity index is 1030. The van der Waals surface area contributed by atoms with Gasteiger partial charge in [-0.05, 0) is 56.0 Å². The van der Waals surface area contributed by atoms with Crippen LogP contribution in [0, 0.1) is 13.8 Å². The molecule has 1 heterocycles. The van der Waals surface area contributed by atoms with Crippen LogP contribution in [0.4, 0.5) is 0 Å². The number of ketones is 1. The number of Topliss-reactive ketones (excluding diaryl/α,β-unsaturated/α-hetero) is 1. The van der Waals surface area contributed by atoms with Crippen LogP contribution in [0.1, 0.15) is 54.5 Å². The van der Waals surface area contributed by atoms with Crippen molar-refractivity contribution < 1.29 is 24.2 Å². The number of hydrogen-bond donors (Lipinski definition) is 1. The molecule has 33 heavy (non-hydrogen) atoms. The van der Waals surface area contributed by atoms with Crippen molar-refractivity contribution in [2.24, 2.45) is 0 Å². The van der Waals surface area contributed by atoms with Crippen molar-refractivity contribution in [1.82, 2.24) is 4.90 Å². The quantitative estimate of drug-likeness (QED) is 0.240. The molecule has 176 valence electrons. The second-order valence-corrected chi connectivity index (χ2v) is 8.43. The molecule has 1 atom stereocenters. The predicted molar refractivity (Wildman–Crippen MR) is 128 cm³/mol. The SMILES string of the molecule is CCCCOc1ccc(C(O)=C2C(=O)C(=O)N(CCCOC)[C@H]2c2ccc(C)cc2)cc1C. The van der Waals surface area contributed by atoms with Crippen molar-refractivity contribution in [2.45, 2.75) is 46.1 Å². The number of unbranched alkanes of at least 4 members (excludes halogenated alkanes) is 1. The molecule has 2 aromatic carbocycles. The lowest BCUT2D eigenvalue weighted by Crippen LogP contribution is -2.31. The molecule has 2 aromatic rings. The summed E-state index contributed by atoms with van der Waals surface area (Å²) in [6, 6.07) is 12.4. The summed E-state index contributed by atoms with van der Waals surface area (Å²) in [5.41, 5.74) is 3.32. The number of carbonyl (C=O) groups excluding carboxylic acids is 2. The van der Waals surface area contributed by atoms with Gasteiger partial charge in [0.2, 0.25) is 0 Å². The number of aliphatic hydroxyl groups is 1. The number of methoxy groups -OCH3 is 1. The van der Waals surface area contributed by atoms with E-state index in [-0.39, 0.29) is 11.3 Å². The van der Waals surface area contributed by atoms with E-state index in [0.717, 1.165) is 35.3 Å². The lowest BCUT2D eigenvalue weighted by molar-refractivity contribution is -0.140. The maximum absolute atomic E-state index is 13.1. The Hall–Kier alpha value is -3.12. The minimum atomic E-state index is -0.670. The molecule has 1 fully saturated rings. The van der Waals surface area contributed by atoms with Crippen molar-refractivity contribution in [3.63, 3.8) is 0 Å². The molecule has 0 unspecified atom stereocenters. The normalized spacial score (nSPS) is 17.6. The Kier molecular flexibility index (Phi) is 8.28. The van der Waals surface area contributed by atoms with Crippen molar-refractivity contribution in [3.05, 3.63) is 70.3 Å². The van der Waals surface area contributed by atoms with Crippen LogP contribution in [0.25, 0.3) is 5.76 Å². The van der Waals surface area contributed by atoms with Crippen LogP contribution >= 0.6 is 0 Å². The molecule has 0 aromatic heterocycles. The molecule has 3 rings (SSSR count). The zero-order valence-electron chi connectivity index (χ0n) is 19.9. The Morgan fingerprint density at radius 1 is 1.03 bits per heavy atom. The molecular formula is C27H33NO5. The first-order chi connectivity index (χ1) is 15.9. The van der Waals surface area contributed by atoms with Crippen LogP contribution in [0.3, 0.4) is 0 Å². The summed E-state index contributed by atoms with van der Waals surface area (Å²) >= 11 is 0. The van der Waals surface area contributed by atoms with Gasteiger partial charge in [-0.3, -0.25) is 9.59 Å². The van der Waals surface area contributed by atoms with Crippen molar-refractivity contribution in [3.8, 4) is 5.75 Å². The van der Waals surface area contributed by atoms with Crippen LogP contribution in [0.5, 0.6) is 5.75 Å². The van der Waals surface area contributed by atoms with Gasteiger partial charge < -0.3 is 19.5 Å². The fraction of sp³-hybridized carbons (Fsp3) is 0.407. The minimum Gasteiger partial charge on any atom is -0.507 e. The molecule has 0 radical (unpaired) electrons. The molecule has 6 heteroatoms. The smallest absolute Gasteiger partial charge is 0.295 e. The minimum absolute atomic E-state index is 0.111. The van der Waals surface area contributed by atoms with E-state index in [1.54, 1.807) is 25.3 Å². The van der Waals surface area contributed by atoms with E-state index in [1.165, 1.54) is 4.90 Å². The molecule has 1 N–H and O–H groups in total. The number of benzene rings is 2. The van der Waals surface area contributed by atoms with Crippen molar-refractivity contribution in [2.75, 3.05) is 26.9 Å². The summed E-state index contributed by atoms with van der Waals surface area (Å²) in [5.74, 6) is -0.697. The number of ether oxygens (including phenoxy) is 2. The summed E-state index contributed by atoms with van der Waals surface area (Å²) < 4.78 is 10.9. The van der Waals surface area contributed by atoms with E-state index in [0.29, 0.717) is 31.7 Å². The number of nitrogens with zero attached hydrogens (tertiary/aromatic N) is 1. The first-order valence-corrected chi connectivity index (χ1v) is 11.5. The van der Waals surface area contributed by atoms with Gasteiger partial charge in [-0.1, -0.05) is 43.2 Å². The van der Waals surface area contributed by atoms with Crippen LogP contribution < -0.4 is 4.74 Å². The maximum Gasteiger partial charge on any atom is 0.295 e. The average Bonchev–Trinajstić information content (AvgIpc) is 3.05. The highest BCUT2D eigenvalue weighted by atomic mass is 16.5. The van der Waals surface area contributed by atoms with Gasteiger partial charge in [0.25, 0.3) is 11.7 Å². The second kappa shape index (κ2) is 11.1. The van der Waals surface area contributed by atoms with Crippen LogP contribution in [0.2, 0.25) is 0 Å². The third kappa shape index (κ3) is 5.45. The third-order valence-electron chi connectivity index (χ3n) is 5.88. The van der Waals surface area contributed by atoms with Crippen molar-refractivity contribution >= 4 is 17.4 Å². The van der Waals surface area contributed by atoms with Crippen molar-refractivity contribution in [1.29, 1.82) is 0 Å². The zero-order chi connectivity index (χ0) is 24.0. The molecular weight excluding hydrogens is 418 g/mol. The van der Waals surface area contributed by atoms with Gasteiger partial charge >= 0.3 is 0 Å². The van der Waals surface area contributed by atoms with Gasteiger partial charge in [0.1, 0.15) is 11.5 Å². The van der Waals surface area contributed by atoms with E-state index in [4.69, 9.17) is 9.47 Å². The fourth-order valence-electron chi connectivity index (χ4n) is 4.03. The Balaban J connectivity index is 2.03. The molecule has 1 aliphatic rings. The molecule has 0 aliphatic carbocycles.